The van der Waals surface area contributed by atoms with Crippen molar-refractivity contribution in [1.82, 2.24) is 14.9 Å². The zero-order chi connectivity index (χ0) is 19.4. The van der Waals surface area contributed by atoms with E-state index in [2.05, 4.69) is 15.3 Å². The first-order valence-corrected chi connectivity index (χ1v) is 10.5. The molecule has 2 heterocycles. The van der Waals surface area contributed by atoms with Crippen LogP contribution in [0.1, 0.15) is 29.4 Å². The van der Waals surface area contributed by atoms with Crippen molar-refractivity contribution < 1.29 is 17.6 Å². The van der Waals surface area contributed by atoms with Crippen LogP contribution in [0.5, 0.6) is 0 Å². The molecule has 1 amide bonds. The third-order valence-corrected chi connectivity index (χ3v) is 6.27. The van der Waals surface area contributed by atoms with Crippen LogP contribution in [0.2, 0.25) is 0 Å². The van der Waals surface area contributed by atoms with Gasteiger partial charge in [0.25, 0.3) is 5.91 Å². The van der Waals surface area contributed by atoms with E-state index in [-0.39, 0.29) is 47.5 Å². The number of nitrogens with one attached hydrogen (secondary N) is 1. The number of anilines is 1. The van der Waals surface area contributed by atoms with Gasteiger partial charge < -0.3 is 10.2 Å². The van der Waals surface area contributed by atoms with Gasteiger partial charge >= 0.3 is 0 Å². The summed E-state index contributed by atoms with van der Waals surface area (Å²) >= 11 is 0. The van der Waals surface area contributed by atoms with E-state index in [0.717, 1.165) is 0 Å². The van der Waals surface area contributed by atoms with E-state index >= 15 is 0 Å². The Kier molecular flexibility index (Phi) is 5.69. The maximum absolute atomic E-state index is 13.7. The number of hydrogen-bond donors (Lipinski definition) is 1. The number of halogens is 1. The highest BCUT2D eigenvalue weighted by Gasteiger charge is 2.34. The van der Waals surface area contributed by atoms with Crippen LogP contribution < -0.4 is 5.32 Å². The average Bonchev–Trinajstić information content (AvgIpc) is 3.01. The van der Waals surface area contributed by atoms with Crippen molar-refractivity contribution in [2.24, 2.45) is 0 Å². The number of hydrogen-bond acceptors (Lipinski definition) is 6. The van der Waals surface area contributed by atoms with E-state index in [4.69, 9.17) is 0 Å². The first-order valence-electron chi connectivity index (χ1n) is 8.71. The van der Waals surface area contributed by atoms with Gasteiger partial charge in [-0.2, -0.15) is 0 Å². The Morgan fingerprint density at radius 1 is 1.33 bits per heavy atom. The van der Waals surface area contributed by atoms with Gasteiger partial charge in [-0.1, -0.05) is 18.2 Å². The predicted octanol–water partition coefficient (Wildman–Crippen LogP) is 1.88. The van der Waals surface area contributed by atoms with Crippen LogP contribution in [0.3, 0.4) is 0 Å². The molecule has 1 aromatic carbocycles. The molecule has 1 aromatic heterocycles. The molecule has 1 N–H and O–H groups in total. The van der Waals surface area contributed by atoms with Crippen LogP contribution in [-0.2, 0) is 16.4 Å². The summed E-state index contributed by atoms with van der Waals surface area (Å²) in [6.45, 7) is 2.38. The van der Waals surface area contributed by atoms with Gasteiger partial charge in [0.15, 0.2) is 9.84 Å². The number of aromatic nitrogens is 2. The predicted molar refractivity (Wildman–Crippen MR) is 99.5 cm³/mol. The Morgan fingerprint density at radius 2 is 2.11 bits per heavy atom. The number of benzene rings is 1. The summed E-state index contributed by atoms with van der Waals surface area (Å²) in [6.07, 6.45) is 1.88. The third-order valence-electron chi connectivity index (χ3n) is 4.52. The fourth-order valence-corrected chi connectivity index (χ4v) is 4.85. The lowest BCUT2D eigenvalue weighted by atomic mass is 10.2. The number of nitrogens with zero attached hydrogens (tertiary/aromatic N) is 3. The van der Waals surface area contributed by atoms with Gasteiger partial charge in [-0.25, -0.2) is 22.8 Å². The van der Waals surface area contributed by atoms with Gasteiger partial charge in [0.05, 0.1) is 11.5 Å². The fourth-order valence-electron chi connectivity index (χ4n) is 3.11. The van der Waals surface area contributed by atoms with Gasteiger partial charge in [0, 0.05) is 30.9 Å². The van der Waals surface area contributed by atoms with Crippen LogP contribution >= 0.6 is 0 Å². The lowest BCUT2D eigenvalue weighted by Gasteiger charge is -2.26. The van der Waals surface area contributed by atoms with Gasteiger partial charge in [-0.05, 0) is 25.5 Å². The molecule has 2 aromatic rings. The highest BCUT2D eigenvalue weighted by molar-refractivity contribution is 7.91. The molecule has 9 heteroatoms. The SMILES string of the molecule is CCN(C(=O)c1ccnc(NCc2ccccc2F)n1)C1CCS(=O)(=O)C1. The van der Waals surface area contributed by atoms with Crippen LogP contribution in [0, 0.1) is 5.82 Å². The van der Waals surface area contributed by atoms with E-state index in [1.807, 2.05) is 0 Å². The number of sulfone groups is 1. The molecule has 3 rings (SSSR count). The number of amides is 1. The summed E-state index contributed by atoms with van der Waals surface area (Å²) in [5, 5.41) is 2.91. The molecule has 7 nitrogen and oxygen atoms in total. The molecule has 0 radical (unpaired) electrons. The summed E-state index contributed by atoms with van der Waals surface area (Å²) in [7, 11) is -3.09. The fraction of sp³-hybridized carbons (Fsp3) is 0.389. The molecule has 0 spiro atoms. The Balaban J connectivity index is 1.72. The third kappa shape index (κ3) is 4.60. The molecule has 1 fully saturated rings. The smallest absolute Gasteiger partial charge is 0.272 e. The second-order valence-electron chi connectivity index (χ2n) is 6.36. The van der Waals surface area contributed by atoms with E-state index in [1.54, 1.807) is 25.1 Å². The molecular formula is C18H21FN4O3S. The largest absolute Gasteiger partial charge is 0.350 e. The minimum Gasteiger partial charge on any atom is -0.350 e. The standard InChI is InChI=1S/C18H21FN4O3S/c1-2-23(14-8-10-27(25,26)12-14)17(24)16-7-9-20-18(22-16)21-11-13-5-3-4-6-15(13)19/h3-7,9,14H,2,8,10-12H2,1H3,(H,20,21,22). The quantitative estimate of drug-likeness (QED) is 0.807. The summed E-state index contributed by atoms with van der Waals surface area (Å²) in [6, 6.07) is 7.51. The maximum Gasteiger partial charge on any atom is 0.272 e. The lowest BCUT2D eigenvalue weighted by molar-refractivity contribution is 0.0702. The molecule has 144 valence electrons. The molecule has 0 bridgehead atoms. The van der Waals surface area contributed by atoms with Crippen LogP contribution in [-0.4, -0.2) is 53.3 Å². The first-order chi connectivity index (χ1) is 12.9. The van der Waals surface area contributed by atoms with Crippen LogP contribution in [0.4, 0.5) is 10.3 Å². The van der Waals surface area contributed by atoms with Crippen molar-refractivity contribution in [1.29, 1.82) is 0 Å². The second kappa shape index (κ2) is 7.99. The zero-order valence-electron chi connectivity index (χ0n) is 14.9. The van der Waals surface area contributed by atoms with Crippen molar-refractivity contribution in [3.63, 3.8) is 0 Å². The molecule has 1 atom stereocenters. The van der Waals surface area contributed by atoms with Crippen molar-refractivity contribution in [3.05, 3.63) is 53.6 Å². The van der Waals surface area contributed by atoms with Crippen molar-refractivity contribution >= 4 is 21.7 Å². The Labute approximate surface area is 157 Å². The highest BCUT2D eigenvalue weighted by atomic mass is 32.2. The summed E-state index contributed by atoms with van der Waals surface area (Å²) in [5.41, 5.74) is 0.636. The van der Waals surface area contributed by atoms with Crippen LogP contribution in [0.15, 0.2) is 36.5 Å². The lowest BCUT2D eigenvalue weighted by Crippen LogP contribution is -2.41. The molecule has 27 heavy (non-hydrogen) atoms. The van der Waals surface area contributed by atoms with Gasteiger partial charge in [0.1, 0.15) is 11.5 Å². The molecule has 0 saturated carbocycles. The Morgan fingerprint density at radius 3 is 2.78 bits per heavy atom. The molecule has 0 aliphatic carbocycles. The zero-order valence-corrected chi connectivity index (χ0v) is 15.7. The summed E-state index contributed by atoms with van der Waals surface area (Å²) in [5.74, 6) is -0.386. The van der Waals surface area contributed by atoms with Crippen molar-refractivity contribution in [3.8, 4) is 0 Å². The first kappa shape index (κ1) is 19.2. The maximum atomic E-state index is 13.7. The Hall–Kier alpha value is -2.55. The number of carbonyl (C=O) groups excluding carboxylic acids is 1. The molecule has 1 aliphatic heterocycles. The average molecular weight is 392 g/mol. The van der Waals surface area contributed by atoms with E-state index in [1.165, 1.54) is 23.2 Å². The second-order valence-corrected chi connectivity index (χ2v) is 8.59. The van der Waals surface area contributed by atoms with E-state index in [0.29, 0.717) is 18.5 Å². The van der Waals surface area contributed by atoms with E-state index in [9.17, 15) is 17.6 Å². The minimum absolute atomic E-state index is 0.0178. The van der Waals surface area contributed by atoms with Crippen molar-refractivity contribution in [2.75, 3.05) is 23.4 Å². The summed E-state index contributed by atoms with van der Waals surface area (Å²) < 4.78 is 37.1. The topological polar surface area (TPSA) is 92.3 Å². The van der Waals surface area contributed by atoms with Gasteiger partial charge in [-0.3, -0.25) is 4.79 Å². The highest BCUT2D eigenvalue weighted by Crippen LogP contribution is 2.19. The molecular weight excluding hydrogens is 371 g/mol. The van der Waals surface area contributed by atoms with Gasteiger partial charge in [0.2, 0.25) is 5.95 Å². The Bertz CT molecular complexity index is 936. The minimum atomic E-state index is -3.09. The summed E-state index contributed by atoms with van der Waals surface area (Å²) in [4.78, 5) is 22.6. The number of carbonyl (C=O) groups is 1. The van der Waals surface area contributed by atoms with Gasteiger partial charge in [-0.15, -0.1) is 0 Å². The molecule has 1 aliphatic rings. The number of rotatable bonds is 6. The van der Waals surface area contributed by atoms with Crippen molar-refractivity contribution in [2.45, 2.75) is 25.9 Å². The normalized spacial score (nSPS) is 18.2. The van der Waals surface area contributed by atoms with Crippen LogP contribution in [0.25, 0.3) is 0 Å². The van der Waals surface area contributed by atoms with E-state index < -0.39 is 9.84 Å². The molecule has 1 unspecified atom stereocenters. The monoisotopic (exact) mass is 392 g/mol. The molecule has 1 saturated heterocycles.